The third-order valence-electron chi connectivity index (χ3n) is 5.96. The molecule has 1 atom stereocenters. The summed E-state index contributed by atoms with van der Waals surface area (Å²) in [6, 6.07) is 14.9. The van der Waals surface area contributed by atoms with Gasteiger partial charge in [-0.2, -0.15) is 0 Å². The van der Waals surface area contributed by atoms with Crippen LogP contribution in [0.5, 0.6) is 0 Å². The summed E-state index contributed by atoms with van der Waals surface area (Å²) in [5.41, 5.74) is 1.73. The van der Waals surface area contributed by atoms with Crippen molar-refractivity contribution in [2.24, 2.45) is 0 Å². The van der Waals surface area contributed by atoms with Gasteiger partial charge < -0.3 is 10.2 Å². The number of nitrogens with zero attached hydrogens (tertiary/aromatic N) is 1. The highest BCUT2D eigenvalue weighted by Gasteiger charge is 2.30. The Balaban J connectivity index is 1.79. The van der Waals surface area contributed by atoms with Crippen LogP contribution in [0.3, 0.4) is 0 Å². The highest BCUT2D eigenvalue weighted by Crippen LogP contribution is 2.26. The van der Waals surface area contributed by atoms with E-state index in [1.165, 1.54) is 0 Å². The summed E-state index contributed by atoms with van der Waals surface area (Å²) in [5, 5.41) is 4.10. The van der Waals surface area contributed by atoms with E-state index >= 15 is 0 Å². The zero-order valence-corrected chi connectivity index (χ0v) is 19.5. The van der Waals surface area contributed by atoms with Crippen molar-refractivity contribution in [2.75, 3.05) is 6.54 Å². The molecule has 0 spiro atoms. The lowest BCUT2D eigenvalue weighted by Crippen LogP contribution is -2.52. The maximum atomic E-state index is 13.4. The first-order chi connectivity index (χ1) is 15.0. The predicted molar refractivity (Wildman–Crippen MR) is 127 cm³/mol. The Morgan fingerprint density at radius 3 is 2.29 bits per heavy atom. The second-order valence-corrected chi connectivity index (χ2v) is 8.93. The van der Waals surface area contributed by atoms with Crippen LogP contribution in [0.2, 0.25) is 10.0 Å². The molecular formula is C25H30Cl2N2O2. The summed E-state index contributed by atoms with van der Waals surface area (Å²) >= 11 is 12.6. The molecule has 2 aromatic rings. The van der Waals surface area contributed by atoms with Gasteiger partial charge in [-0.3, -0.25) is 9.59 Å². The highest BCUT2D eigenvalue weighted by molar-refractivity contribution is 6.36. The van der Waals surface area contributed by atoms with Gasteiger partial charge in [0.1, 0.15) is 6.04 Å². The van der Waals surface area contributed by atoms with E-state index in [0.29, 0.717) is 35.0 Å². The normalized spacial score (nSPS) is 14.9. The van der Waals surface area contributed by atoms with Gasteiger partial charge in [0.05, 0.1) is 6.42 Å². The van der Waals surface area contributed by atoms with Gasteiger partial charge in [0.15, 0.2) is 0 Å². The van der Waals surface area contributed by atoms with Gasteiger partial charge in [-0.05, 0) is 48.9 Å². The van der Waals surface area contributed by atoms with Gasteiger partial charge in [-0.15, -0.1) is 0 Å². The molecule has 1 aliphatic carbocycles. The van der Waals surface area contributed by atoms with Crippen molar-refractivity contribution in [1.82, 2.24) is 10.2 Å². The average Bonchev–Trinajstić information content (AvgIpc) is 3.27. The summed E-state index contributed by atoms with van der Waals surface area (Å²) in [6.45, 7) is 2.41. The number of benzene rings is 2. The molecule has 0 bridgehead atoms. The van der Waals surface area contributed by atoms with E-state index in [-0.39, 0.29) is 24.3 Å². The molecule has 3 rings (SSSR count). The second kappa shape index (κ2) is 11.5. The molecule has 0 aliphatic heterocycles. The molecule has 31 heavy (non-hydrogen) atoms. The average molecular weight is 461 g/mol. The topological polar surface area (TPSA) is 49.4 Å². The van der Waals surface area contributed by atoms with E-state index in [1.807, 2.05) is 37.3 Å². The van der Waals surface area contributed by atoms with Gasteiger partial charge >= 0.3 is 0 Å². The Morgan fingerprint density at radius 1 is 1.03 bits per heavy atom. The molecule has 2 aromatic carbocycles. The lowest BCUT2D eigenvalue weighted by Gasteiger charge is -2.31. The molecule has 1 N–H and O–H groups in total. The summed E-state index contributed by atoms with van der Waals surface area (Å²) in [7, 11) is 0. The minimum absolute atomic E-state index is 0.0685. The van der Waals surface area contributed by atoms with Crippen LogP contribution in [0, 0.1) is 0 Å². The standard InChI is InChI=1S/C25H30Cl2N2O2/c1-2-23(25(31)28-19-11-6-7-12-19)29(16-15-18-9-4-3-5-10-18)24(30)17-20-21(26)13-8-14-22(20)27/h3-5,8-10,13-14,19,23H,2,6-7,11-12,15-17H2,1H3,(H,28,31)/t23-/m0/s1. The van der Waals surface area contributed by atoms with Crippen LogP contribution < -0.4 is 5.32 Å². The molecule has 0 aromatic heterocycles. The second-order valence-electron chi connectivity index (χ2n) is 8.11. The Kier molecular flexibility index (Phi) is 8.79. The van der Waals surface area contributed by atoms with Crippen LogP contribution in [0.25, 0.3) is 0 Å². The fraction of sp³-hybridized carbons (Fsp3) is 0.440. The maximum absolute atomic E-state index is 13.4. The molecule has 2 amide bonds. The van der Waals surface area contributed by atoms with Crippen molar-refractivity contribution >= 4 is 35.0 Å². The Bertz CT molecular complexity index is 862. The van der Waals surface area contributed by atoms with Crippen LogP contribution in [0.4, 0.5) is 0 Å². The van der Waals surface area contributed by atoms with Crippen molar-refractivity contribution in [3.63, 3.8) is 0 Å². The number of hydrogen-bond acceptors (Lipinski definition) is 2. The minimum Gasteiger partial charge on any atom is -0.352 e. The fourth-order valence-corrected chi connectivity index (χ4v) is 4.75. The molecule has 4 nitrogen and oxygen atoms in total. The van der Waals surface area contributed by atoms with Crippen molar-refractivity contribution < 1.29 is 9.59 Å². The van der Waals surface area contributed by atoms with Gasteiger partial charge in [0, 0.05) is 22.6 Å². The molecule has 166 valence electrons. The number of carbonyl (C=O) groups is 2. The van der Waals surface area contributed by atoms with Gasteiger partial charge in [-0.1, -0.05) is 79.4 Å². The first-order valence-electron chi connectivity index (χ1n) is 11.1. The van der Waals surface area contributed by atoms with Gasteiger partial charge in [0.25, 0.3) is 0 Å². The lowest BCUT2D eigenvalue weighted by atomic mass is 10.1. The summed E-state index contributed by atoms with van der Waals surface area (Å²) < 4.78 is 0. The van der Waals surface area contributed by atoms with E-state index in [2.05, 4.69) is 5.32 Å². The predicted octanol–water partition coefficient (Wildman–Crippen LogP) is 5.44. The van der Waals surface area contributed by atoms with E-state index in [1.54, 1.807) is 23.1 Å². The first kappa shape index (κ1) is 23.6. The van der Waals surface area contributed by atoms with Crippen molar-refractivity contribution in [1.29, 1.82) is 0 Å². The van der Waals surface area contributed by atoms with Crippen molar-refractivity contribution in [2.45, 2.75) is 64.0 Å². The third-order valence-corrected chi connectivity index (χ3v) is 6.67. The molecule has 0 heterocycles. The van der Waals surface area contributed by atoms with Gasteiger partial charge in [0.2, 0.25) is 11.8 Å². The van der Waals surface area contributed by atoms with E-state index in [0.717, 1.165) is 31.2 Å². The van der Waals surface area contributed by atoms with Crippen LogP contribution >= 0.6 is 23.2 Å². The number of nitrogens with one attached hydrogen (secondary N) is 1. The number of amides is 2. The number of halogens is 2. The van der Waals surface area contributed by atoms with E-state index < -0.39 is 6.04 Å². The zero-order chi connectivity index (χ0) is 22.2. The summed E-state index contributed by atoms with van der Waals surface area (Å²) in [5.74, 6) is -0.208. The number of carbonyl (C=O) groups excluding carboxylic acids is 2. The molecular weight excluding hydrogens is 431 g/mol. The lowest BCUT2D eigenvalue weighted by molar-refractivity contribution is -0.140. The monoisotopic (exact) mass is 460 g/mol. The highest BCUT2D eigenvalue weighted by atomic mass is 35.5. The summed E-state index contributed by atoms with van der Waals surface area (Å²) in [6.07, 6.45) is 5.60. The minimum atomic E-state index is -0.516. The Hall–Kier alpha value is -2.04. The number of hydrogen-bond donors (Lipinski definition) is 1. The van der Waals surface area contributed by atoms with Crippen molar-refractivity contribution in [3.05, 3.63) is 69.7 Å². The molecule has 0 saturated heterocycles. The first-order valence-corrected chi connectivity index (χ1v) is 11.8. The van der Waals surface area contributed by atoms with E-state index in [9.17, 15) is 9.59 Å². The maximum Gasteiger partial charge on any atom is 0.243 e. The van der Waals surface area contributed by atoms with Crippen LogP contribution in [-0.2, 0) is 22.4 Å². The van der Waals surface area contributed by atoms with E-state index in [4.69, 9.17) is 23.2 Å². The quantitative estimate of drug-likeness (QED) is 0.540. The molecule has 0 radical (unpaired) electrons. The smallest absolute Gasteiger partial charge is 0.243 e. The van der Waals surface area contributed by atoms with Crippen molar-refractivity contribution in [3.8, 4) is 0 Å². The summed E-state index contributed by atoms with van der Waals surface area (Å²) in [4.78, 5) is 28.2. The largest absolute Gasteiger partial charge is 0.352 e. The van der Waals surface area contributed by atoms with Crippen LogP contribution in [0.1, 0.15) is 50.2 Å². The molecule has 1 aliphatic rings. The Labute approximate surface area is 194 Å². The van der Waals surface area contributed by atoms with Crippen LogP contribution in [0.15, 0.2) is 48.5 Å². The molecule has 6 heteroatoms. The molecule has 0 unspecified atom stereocenters. The molecule has 1 fully saturated rings. The third kappa shape index (κ3) is 6.47. The Morgan fingerprint density at radius 2 is 1.68 bits per heavy atom. The van der Waals surface area contributed by atoms with Crippen LogP contribution in [-0.4, -0.2) is 35.3 Å². The fourth-order valence-electron chi connectivity index (χ4n) is 4.22. The number of rotatable bonds is 9. The SMILES string of the molecule is CC[C@@H](C(=O)NC1CCCC1)N(CCc1ccccc1)C(=O)Cc1c(Cl)cccc1Cl. The molecule has 1 saturated carbocycles. The zero-order valence-electron chi connectivity index (χ0n) is 17.9. The van der Waals surface area contributed by atoms with Gasteiger partial charge in [-0.25, -0.2) is 0 Å².